The Kier molecular flexibility index (Phi) is 9.16. The molecule has 0 spiro atoms. The minimum absolute atomic E-state index is 0.00659. The average Bonchev–Trinajstić information content (AvgIpc) is 3.50. The lowest BCUT2D eigenvalue weighted by molar-refractivity contribution is -0.0666. The number of halogens is 2. The molecule has 6 atom stereocenters. The zero-order chi connectivity index (χ0) is 29.1. The van der Waals surface area contributed by atoms with Gasteiger partial charge in [0.05, 0.1) is 25.4 Å². The van der Waals surface area contributed by atoms with Gasteiger partial charge in [0, 0.05) is 24.1 Å². The van der Waals surface area contributed by atoms with Crippen LogP contribution in [0.1, 0.15) is 50.6 Å². The Morgan fingerprint density at radius 1 is 1.12 bits per heavy atom. The lowest BCUT2D eigenvalue weighted by Gasteiger charge is -2.17. The summed E-state index contributed by atoms with van der Waals surface area (Å²) in [6.07, 6.45) is -2.15. The van der Waals surface area contributed by atoms with Crippen LogP contribution in [0.4, 0.5) is 19.4 Å². The smallest absolute Gasteiger partial charge is 0.435 e. The molecule has 0 amide bonds. The van der Waals surface area contributed by atoms with Crippen LogP contribution in [0.25, 0.3) is 11.2 Å². The van der Waals surface area contributed by atoms with Crippen LogP contribution in [0, 0.1) is 11.6 Å². The van der Waals surface area contributed by atoms with Gasteiger partial charge in [-0.05, 0) is 37.5 Å². The normalized spacial score (nSPS) is 25.4. The van der Waals surface area contributed by atoms with E-state index in [2.05, 4.69) is 25.6 Å². The maximum atomic E-state index is 13.8. The van der Waals surface area contributed by atoms with Gasteiger partial charge in [0.15, 0.2) is 33.8 Å². The molecule has 2 aliphatic rings. The molecule has 0 aliphatic heterocycles. The van der Waals surface area contributed by atoms with E-state index in [4.69, 9.17) is 14.2 Å². The first-order valence-corrected chi connectivity index (χ1v) is 14.5. The third-order valence-corrected chi connectivity index (χ3v) is 8.09. The second-order valence-corrected chi connectivity index (χ2v) is 11.0. The number of fused-ring (bicyclic) bond motifs is 1. The first-order valence-electron chi connectivity index (χ1n) is 13.5. The van der Waals surface area contributed by atoms with Crippen LogP contribution < -0.4 is 5.32 Å². The highest BCUT2D eigenvalue weighted by Crippen LogP contribution is 2.44. The molecule has 2 fully saturated rings. The van der Waals surface area contributed by atoms with Crippen LogP contribution in [0.2, 0.25) is 0 Å². The monoisotopic (exact) mass is 594 g/mol. The maximum Gasteiger partial charge on any atom is 0.508 e. The second-order valence-electron chi connectivity index (χ2n) is 9.90. The molecule has 2 saturated carbocycles. The number of nitrogens with zero attached hydrogens (tertiary/aromatic N) is 5. The third-order valence-electron chi connectivity index (χ3n) is 7.03. The summed E-state index contributed by atoms with van der Waals surface area (Å²) in [6, 6.07) is 3.16. The Morgan fingerprint density at radius 2 is 1.95 bits per heavy atom. The Labute approximate surface area is 238 Å². The third kappa shape index (κ3) is 6.52. The predicted octanol–water partition coefficient (Wildman–Crippen LogP) is 3.19. The van der Waals surface area contributed by atoms with Crippen LogP contribution in [0.5, 0.6) is 0 Å². The average molecular weight is 595 g/mol. The fourth-order valence-corrected chi connectivity index (χ4v) is 5.59. The lowest BCUT2D eigenvalue weighted by Crippen LogP contribution is -2.33. The molecule has 3 N–H and O–H groups in total. The fraction of sp³-hybridized carbons (Fsp3) is 0.577. The number of aliphatic hydroxyl groups excluding tert-OH is 2. The van der Waals surface area contributed by atoms with E-state index in [1.165, 1.54) is 22.5 Å². The van der Waals surface area contributed by atoms with Crippen LogP contribution in [-0.2, 0) is 14.2 Å². The molecule has 2 aliphatic carbocycles. The maximum absolute atomic E-state index is 13.8. The van der Waals surface area contributed by atoms with Crippen LogP contribution in [0.3, 0.4) is 0 Å². The summed E-state index contributed by atoms with van der Waals surface area (Å²) in [5, 5.41) is 33.9. The molecule has 15 heteroatoms. The van der Waals surface area contributed by atoms with Gasteiger partial charge in [0.25, 0.3) is 0 Å². The van der Waals surface area contributed by atoms with Gasteiger partial charge in [-0.15, -0.1) is 5.10 Å². The van der Waals surface area contributed by atoms with Gasteiger partial charge >= 0.3 is 6.16 Å². The van der Waals surface area contributed by atoms with Crippen molar-refractivity contribution in [1.82, 2.24) is 25.0 Å². The number of ether oxygens (including phenoxy) is 3. The number of nitrogens with one attached hydrogen (secondary N) is 1. The highest BCUT2D eigenvalue weighted by molar-refractivity contribution is 7.99. The van der Waals surface area contributed by atoms with Crippen molar-refractivity contribution >= 4 is 34.9 Å². The van der Waals surface area contributed by atoms with Crippen molar-refractivity contribution < 1.29 is 38.0 Å². The Morgan fingerprint density at radius 3 is 2.71 bits per heavy atom. The highest BCUT2D eigenvalue weighted by atomic mass is 32.2. The number of anilines is 1. The summed E-state index contributed by atoms with van der Waals surface area (Å²) in [5.41, 5.74) is 1.46. The van der Waals surface area contributed by atoms with Gasteiger partial charge in [-0.3, -0.25) is 0 Å². The number of benzene rings is 1. The number of aliphatic hydroxyl groups is 2. The summed E-state index contributed by atoms with van der Waals surface area (Å²) < 4.78 is 43.9. The Balaban J connectivity index is 1.32. The molecule has 3 aromatic rings. The molecule has 2 heterocycles. The molecule has 0 bridgehead atoms. The summed E-state index contributed by atoms with van der Waals surface area (Å²) in [4.78, 5) is 20.6. The molecular formula is C26H32F2N6O6S. The number of aromatic nitrogens is 5. The fourth-order valence-electron chi connectivity index (χ4n) is 4.89. The van der Waals surface area contributed by atoms with Crippen LogP contribution in [0.15, 0.2) is 23.4 Å². The van der Waals surface area contributed by atoms with Crippen molar-refractivity contribution in [3.63, 3.8) is 0 Å². The molecule has 1 aromatic carbocycles. The number of thioether (sulfide) groups is 1. The molecule has 5 rings (SSSR count). The molecule has 0 unspecified atom stereocenters. The minimum Gasteiger partial charge on any atom is -0.435 e. The molecule has 0 saturated heterocycles. The number of carbonyl (C=O) groups is 1. The molecule has 12 nitrogen and oxygen atoms in total. The van der Waals surface area contributed by atoms with Crippen molar-refractivity contribution in [3.05, 3.63) is 35.4 Å². The second kappa shape index (κ2) is 12.8. The molecular weight excluding hydrogens is 562 g/mol. The van der Waals surface area contributed by atoms with Crippen molar-refractivity contribution in [1.29, 1.82) is 0 Å². The zero-order valence-electron chi connectivity index (χ0n) is 22.6. The van der Waals surface area contributed by atoms with E-state index in [-0.39, 0.29) is 38.2 Å². The number of rotatable bonds is 12. The molecule has 41 heavy (non-hydrogen) atoms. The SMILES string of the molecule is CCCSc1nc(N[C@@H]2C[C@H]2c2ccc(F)c(F)c2)c2nnn([C@@H]3C[C@H](OCCOC(=O)OCC)[C@@H](O)[C@H]3O)c2n1. The van der Waals surface area contributed by atoms with Crippen molar-refractivity contribution in [3.8, 4) is 0 Å². The Bertz CT molecular complexity index is 1380. The van der Waals surface area contributed by atoms with Crippen molar-refractivity contribution in [2.75, 3.05) is 30.9 Å². The van der Waals surface area contributed by atoms with Crippen molar-refractivity contribution in [2.45, 2.75) is 74.6 Å². The number of hydrogen-bond donors (Lipinski definition) is 3. The largest absolute Gasteiger partial charge is 0.508 e. The minimum atomic E-state index is -1.21. The summed E-state index contributed by atoms with van der Waals surface area (Å²) in [5.74, 6) is -0.559. The highest BCUT2D eigenvalue weighted by Gasteiger charge is 2.45. The molecule has 222 valence electrons. The van der Waals surface area contributed by atoms with Gasteiger partial charge in [0.1, 0.15) is 18.8 Å². The first-order chi connectivity index (χ1) is 19.8. The van der Waals surface area contributed by atoms with Crippen LogP contribution >= 0.6 is 11.8 Å². The van der Waals surface area contributed by atoms with Gasteiger partial charge in [-0.2, -0.15) is 0 Å². The van der Waals surface area contributed by atoms with Crippen molar-refractivity contribution in [2.24, 2.45) is 0 Å². The Hall–Kier alpha value is -3.14. The van der Waals surface area contributed by atoms with Crippen LogP contribution in [-0.4, -0.2) is 91.3 Å². The lowest BCUT2D eigenvalue weighted by atomic mass is 10.1. The van der Waals surface area contributed by atoms with E-state index in [9.17, 15) is 23.8 Å². The van der Waals surface area contributed by atoms with Gasteiger partial charge < -0.3 is 29.7 Å². The number of hydrogen-bond acceptors (Lipinski definition) is 12. The van der Waals surface area contributed by atoms with Gasteiger partial charge in [-0.1, -0.05) is 30.0 Å². The first kappa shape index (κ1) is 29.4. The standard InChI is InChI=1S/C26H32F2N6O6S/c1-3-9-41-25-30-23(29-17-11-14(17)13-5-6-15(27)16(28)10-13)20-24(31-25)34(33-32-20)18-12-19(22(36)21(18)35)39-7-8-40-26(37)38-4-2/h5-6,10,14,17-19,21-22,35-36H,3-4,7-9,11-12H2,1-2H3,(H,29,30,31)/t14-,17+,18+,19-,21-,22+/m0/s1. The van der Waals surface area contributed by atoms with E-state index in [1.54, 1.807) is 13.0 Å². The van der Waals surface area contributed by atoms with E-state index in [1.807, 2.05) is 6.92 Å². The summed E-state index contributed by atoms with van der Waals surface area (Å²) in [6.45, 7) is 3.84. The van der Waals surface area contributed by atoms with E-state index in [0.29, 0.717) is 34.1 Å². The summed E-state index contributed by atoms with van der Waals surface area (Å²) >= 11 is 1.46. The number of carbonyl (C=O) groups excluding carboxylic acids is 1. The molecule has 0 radical (unpaired) electrons. The van der Waals surface area contributed by atoms with E-state index < -0.39 is 42.1 Å². The van der Waals surface area contributed by atoms with E-state index >= 15 is 0 Å². The topological polar surface area (TPSA) is 154 Å². The quantitative estimate of drug-likeness (QED) is 0.122. The zero-order valence-corrected chi connectivity index (χ0v) is 23.4. The van der Waals surface area contributed by atoms with Gasteiger partial charge in [0.2, 0.25) is 0 Å². The van der Waals surface area contributed by atoms with E-state index in [0.717, 1.165) is 18.2 Å². The summed E-state index contributed by atoms with van der Waals surface area (Å²) in [7, 11) is 0. The predicted molar refractivity (Wildman–Crippen MR) is 144 cm³/mol. The molecule has 2 aromatic heterocycles. The van der Waals surface area contributed by atoms with Gasteiger partial charge in [-0.25, -0.2) is 28.2 Å².